The summed E-state index contributed by atoms with van der Waals surface area (Å²) >= 11 is 0. The van der Waals surface area contributed by atoms with E-state index in [1.807, 2.05) is 0 Å². The molecule has 1 heterocycles. The highest BCUT2D eigenvalue weighted by molar-refractivity contribution is 7.90. The Hall–Kier alpha value is -2.73. The number of nitrogens with one attached hydrogen (secondary N) is 2. The number of carbonyl (C=O) groups is 2. The maximum Gasteiger partial charge on any atom is 0.250 e. The van der Waals surface area contributed by atoms with Crippen LogP contribution in [0.3, 0.4) is 0 Å². The monoisotopic (exact) mass is 404 g/mol. The van der Waals surface area contributed by atoms with E-state index in [0.29, 0.717) is 31.4 Å². The summed E-state index contributed by atoms with van der Waals surface area (Å²) in [6.45, 7) is 3.19. The summed E-state index contributed by atoms with van der Waals surface area (Å²) < 4.78 is 23.3. The van der Waals surface area contributed by atoms with Crippen LogP contribution in [-0.4, -0.2) is 38.7 Å². The fourth-order valence-corrected chi connectivity index (χ4v) is 3.50. The van der Waals surface area contributed by atoms with E-state index in [0.717, 1.165) is 6.26 Å². The predicted octanol–water partition coefficient (Wildman–Crippen LogP) is 1.52. The topological polar surface area (TPSA) is 117 Å². The molecule has 0 bridgehead atoms. The van der Waals surface area contributed by atoms with Gasteiger partial charge in [-0.05, 0) is 24.6 Å². The summed E-state index contributed by atoms with van der Waals surface area (Å²) in [6, 6.07) is 5.86. The smallest absolute Gasteiger partial charge is 0.250 e. The van der Waals surface area contributed by atoms with E-state index in [4.69, 9.17) is 6.42 Å². The molecule has 1 aromatic rings. The molecule has 0 spiro atoms. The van der Waals surface area contributed by atoms with Gasteiger partial charge in [-0.15, -0.1) is 12.3 Å². The molecule has 0 saturated heterocycles. The van der Waals surface area contributed by atoms with Crippen LogP contribution in [0.2, 0.25) is 0 Å². The second-order valence-corrected chi connectivity index (χ2v) is 9.01. The van der Waals surface area contributed by atoms with Crippen molar-refractivity contribution in [3.05, 3.63) is 29.8 Å². The first-order chi connectivity index (χ1) is 13.0. The number of rotatable bonds is 9. The van der Waals surface area contributed by atoms with Gasteiger partial charge in [0.1, 0.15) is 5.54 Å². The lowest BCUT2D eigenvalue weighted by Crippen LogP contribution is -2.54. The van der Waals surface area contributed by atoms with Gasteiger partial charge in [0.15, 0.2) is 15.5 Å². The molecule has 28 heavy (non-hydrogen) atoms. The van der Waals surface area contributed by atoms with Crippen LogP contribution in [0.15, 0.2) is 39.4 Å². The fourth-order valence-electron chi connectivity index (χ4n) is 2.87. The van der Waals surface area contributed by atoms with Crippen LogP contribution < -0.4 is 10.6 Å². The Labute approximate surface area is 165 Å². The number of nitrogens with zero attached hydrogens (tertiary/aromatic N) is 2. The summed E-state index contributed by atoms with van der Waals surface area (Å²) in [7, 11) is -3.36. The number of hydrogen-bond acceptors (Lipinski definition) is 6. The first kappa shape index (κ1) is 21.6. The summed E-state index contributed by atoms with van der Waals surface area (Å²) in [5, 5.41) is 13.5. The Morgan fingerprint density at radius 2 is 1.82 bits per heavy atom. The van der Waals surface area contributed by atoms with Gasteiger partial charge in [-0.25, -0.2) is 8.42 Å². The first-order valence-corrected chi connectivity index (χ1v) is 10.7. The Balaban J connectivity index is 2.12. The van der Waals surface area contributed by atoms with Gasteiger partial charge >= 0.3 is 0 Å². The van der Waals surface area contributed by atoms with Crippen molar-refractivity contribution in [3.63, 3.8) is 0 Å². The van der Waals surface area contributed by atoms with Gasteiger partial charge in [-0.2, -0.15) is 10.2 Å². The van der Waals surface area contributed by atoms with Crippen LogP contribution in [0.4, 0.5) is 0 Å². The second-order valence-electron chi connectivity index (χ2n) is 7.00. The van der Waals surface area contributed by atoms with Crippen LogP contribution in [-0.2, 0) is 25.0 Å². The molecule has 0 saturated carbocycles. The number of terminal acetylenes is 1. The van der Waals surface area contributed by atoms with Crippen molar-refractivity contribution in [1.82, 2.24) is 10.6 Å². The van der Waals surface area contributed by atoms with Crippen molar-refractivity contribution in [1.29, 1.82) is 0 Å². The van der Waals surface area contributed by atoms with Gasteiger partial charge in [0.05, 0.1) is 4.90 Å². The molecule has 0 aliphatic carbocycles. The minimum Gasteiger partial charge on any atom is -0.354 e. The molecule has 0 radical (unpaired) electrons. The number of amides is 2. The predicted molar refractivity (Wildman–Crippen MR) is 104 cm³/mol. The molecule has 0 fully saturated rings. The average molecular weight is 404 g/mol. The van der Waals surface area contributed by atoms with Gasteiger partial charge in [-0.3, -0.25) is 9.59 Å². The molecule has 1 aromatic carbocycles. The highest BCUT2D eigenvalue weighted by atomic mass is 32.2. The normalized spacial score (nSPS) is 16.5. The van der Waals surface area contributed by atoms with Crippen molar-refractivity contribution >= 4 is 21.7 Å². The van der Waals surface area contributed by atoms with Crippen LogP contribution in [0.25, 0.3) is 0 Å². The molecule has 150 valence electrons. The second kappa shape index (κ2) is 8.10. The van der Waals surface area contributed by atoms with E-state index in [-0.39, 0.29) is 10.8 Å². The van der Waals surface area contributed by atoms with E-state index < -0.39 is 26.9 Å². The molecule has 2 rings (SSSR count). The van der Waals surface area contributed by atoms with Crippen molar-refractivity contribution in [2.24, 2.45) is 10.2 Å². The molecule has 8 nitrogen and oxygen atoms in total. The Morgan fingerprint density at radius 3 is 2.29 bits per heavy atom. The lowest BCUT2D eigenvalue weighted by atomic mass is 9.90. The number of carbonyl (C=O) groups excluding carboxylic acids is 2. The van der Waals surface area contributed by atoms with Gasteiger partial charge in [0.25, 0.3) is 0 Å². The zero-order valence-corrected chi connectivity index (χ0v) is 17.0. The number of benzene rings is 1. The SMILES string of the molecule is C#CCCC1(CCNC(=O)C(C)(NC(C)=O)c2ccc(S(C)(=O)=O)cc2)N=N1. The molecular weight excluding hydrogens is 380 g/mol. The third kappa shape index (κ3) is 5.16. The maximum absolute atomic E-state index is 12.9. The van der Waals surface area contributed by atoms with Crippen LogP contribution in [0.1, 0.15) is 38.7 Å². The van der Waals surface area contributed by atoms with Crippen molar-refractivity contribution < 1.29 is 18.0 Å². The zero-order chi connectivity index (χ0) is 21.0. The lowest BCUT2D eigenvalue weighted by molar-refractivity contribution is -0.132. The standard InChI is InChI=1S/C19H24N4O4S/c1-5-6-11-19(22-23-19)12-13-20-17(25)18(3,21-14(2)24)15-7-9-16(10-8-15)28(4,26)27/h1,7-10H,6,11-13H2,2-4H3,(H,20,25)(H,21,24). The van der Waals surface area contributed by atoms with E-state index in [1.165, 1.54) is 31.2 Å². The highest BCUT2D eigenvalue weighted by Gasteiger charge is 2.40. The van der Waals surface area contributed by atoms with Gasteiger partial charge in [-0.1, -0.05) is 12.1 Å². The third-order valence-electron chi connectivity index (χ3n) is 4.60. The molecule has 0 aromatic heterocycles. The fraction of sp³-hybridized carbons (Fsp3) is 0.474. The third-order valence-corrected chi connectivity index (χ3v) is 5.73. The minimum absolute atomic E-state index is 0.134. The van der Waals surface area contributed by atoms with Crippen LogP contribution in [0, 0.1) is 12.3 Å². The van der Waals surface area contributed by atoms with Gasteiger partial charge < -0.3 is 10.6 Å². The quantitative estimate of drug-likeness (QED) is 0.607. The summed E-state index contributed by atoms with van der Waals surface area (Å²) in [5.41, 5.74) is -1.40. The highest BCUT2D eigenvalue weighted by Crippen LogP contribution is 2.36. The van der Waals surface area contributed by atoms with Crippen LogP contribution >= 0.6 is 0 Å². The minimum atomic E-state index is -3.36. The lowest BCUT2D eigenvalue weighted by Gasteiger charge is -2.30. The molecule has 1 aliphatic heterocycles. The van der Waals surface area contributed by atoms with Gasteiger partial charge in [0, 0.05) is 39.0 Å². The molecule has 2 amide bonds. The molecule has 9 heteroatoms. The molecule has 1 unspecified atom stereocenters. The Bertz CT molecular complexity index is 926. The van der Waals surface area contributed by atoms with E-state index in [1.54, 1.807) is 6.92 Å². The first-order valence-electron chi connectivity index (χ1n) is 8.78. The van der Waals surface area contributed by atoms with Crippen LogP contribution in [0.5, 0.6) is 0 Å². The molecule has 2 N–H and O–H groups in total. The molecule has 1 aliphatic rings. The Kier molecular flexibility index (Phi) is 6.24. The number of sulfone groups is 1. The Morgan fingerprint density at radius 1 is 1.21 bits per heavy atom. The molecule has 1 atom stereocenters. The average Bonchev–Trinajstić information content (AvgIpc) is 3.38. The van der Waals surface area contributed by atoms with E-state index in [9.17, 15) is 18.0 Å². The number of hydrogen-bond donors (Lipinski definition) is 2. The van der Waals surface area contributed by atoms with Crippen molar-refractivity contribution in [3.8, 4) is 12.3 Å². The summed E-state index contributed by atoms with van der Waals surface area (Å²) in [4.78, 5) is 24.7. The molecular formula is C19H24N4O4S. The van der Waals surface area contributed by atoms with Crippen molar-refractivity contribution in [2.45, 2.75) is 49.2 Å². The maximum atomic E-state index is 12.9. The van der Waals surface area contributed by atoms with Crippen molar-refractivity contribution in [2.75, 3.05) is 12.8 Å². The van der Waals surface area contributed by atoms with E-state index in [2.05, 4.69) is 26.8 Å². The van der Waals surface area contributed by atoms with Gasteiger partial charge in [0.2, 0.25) is 11.8 Å². The summed E-state index contributed by atoms with van der Waals surface area (Å²) in [6.07, 6.45) is 8.07. The largest absolute Gasteiger partial charge is 0.354 e. The summed E-state index contributed by atoms with van der Waals surface area (Å²) in [5.74, 6) is 1.75. The van der Waals surface area contributed by atoms with E-state index >= 15 is 0 Å². The zero-order valence-electron chi connectivity index (χ0n) is 16.2.